The van der Waals surface area contributed by atoms with Crippen LogP contribution in [0.5, 0.6) is 0 Å². The quantitative estimate of drug-likeness (QED) is 0.745. The standard InChI is InChI=1S/C13H12N2O5S3/c1-5-3-21-11-8(10(17)15(11)9(5)12(18)19)14-7(16)2-6-4-22-13(20)23-6/h4,8,11H,2-3H2,1H3,(H,14,16)(H,18,19). The van der Waals surface area contributed by atoms with Crippen molar-refractivity contribution in [3.05, 3.63) is 30.4 Å². The number of aliphatic carboxylic acids is 1. The van der Waals surface area contributed by atoms with E-state index in [1.54, 1.807) is 12.3 Å². The number of nitrogens with zero attached hydrogens (tertiary/aromatic N) is 1. The molecule has 122 valence electrons. The zero-order valence-electron chi connectivity index (χ0n) is 11.9. The average Bonchev–Trinajstić information content (AvgIpc) is 2.89. The number of nitrogens with one attached hydrogen (secondary N) is 1. The van der Waals surface area contributed by atoms with Crippen LogP contribution in [-0.4, -0.2) is 45.0 Å². The molecule has 0 aliphatic carbocycles. The van der Waals surface area contributed by atoms with Crippen LogP contribution in [0, 0.1) is 0 Å². The topological polar surface area (TPSA) is 104 Å². The summed E-state index contributed by atoms with van der Waals surface area (Å²) in [6.07, 6.45) is 0.0469. The molecule has 0 spiro atoms. The minimum Gasteiger partial charge on any atom is -0.477 e. The molecule has 1 saturated heterocycles. The predicted octanol–water partition coefficient (Wildman–Crippen LogP) is 0.471. The van der Waals surface area contributed by atoms with Gasteiger partial charge >= 0.3 is 5.97 Å². The van der Waals surface area contributed by atoms with Crippen molar-refractivity contribution in [2.75, 3.05) is 5.75 Å². The Kier molecular flexibility index (Phi) is 4.30. The maximum absolute atomic E-state index is 12.2. The Balaban J connectivity index is 1.68. The summed E-state index contributed by atoms with van der Waals surface area (Å²) in [6, 6.07) is -0.717. The third-order valence-electron chi connectivity index (χ3n) is 3.51. The molecule has 23 heavy (non-hydrogen) atoms. The largest absolute Gasteiger partial charge is 0.477 e. The fourth-order valence-corrected chi connectivity index (χ4v) is 5.52. The second-order valence-corrected chi connectivity index (χ2v) is 8.42. The molecule has 7 nitrogen and oxygen atoms in total. The number of hydrogen-bond donors (Lipinski definition) is 2. The Bertz CT molecular complexity index is 781. The zero-order chi connectivity index (χ0) is 16.7. The van der Waals surface area contributed by atoms with E-state index in [9.17, 15) is 24.3 Å². The SMILES string of the molecule is CC1=C(C(=O)O)N2C(=O)C(NC(=O)Cc3csc(=O)s3)C2SC1. The zero-order valence-corrected chi connectivity index (χ0v) is 14.3. The van der Waals surface area contributed by atoms with Crippen LogP contribution < -0.4 is 9.37 Å². The Morgan fingerprint density at radius 3 is 2.78 bits per heavy atom. The predicted molar refractivity (Wildman–Crippen MR) is 87.5 cm³/mol. The van der Waals surface area contributed by atoms with Crippen LogP contribution in [-0.2, 0) is 20.8 Å². The second-order valence-electron chi connectivity index (χ2n) is 5.12. The monoisotopic (exact) mass is 372 g/mol. The molecule has 10 heteroatoms. The van der Waals surface area contributed by atoms with E-state index < -0.39 is 17.9 Å². The number of carbonyl (C=O) groups excluding carboxylic acids is 2. The van der Waals surface area contributed by atoms with Crippen molar-refractivity contribution in [2.24, 2.45) is 0 Å². The molecule has 3 heterocycles. The smallest absolute Gasteiger partial charge is 0.352 e. The summed E-state index contributed by atoms with van der Waals surface area (Å²) in [7, 11) is 0. The molecule has 1 fully saturated rings. The lowest BCUT2D eigenvalue weighted by Crippen LogP contribution is -2.70. The van der Waals surface area contributed by atoms with Gasteiger partial charge in [-0.15, -0.1) is 11.8 Å². The van der Waals surface area contributed by atoms with E-state index in [-0.39, 0.29) is 27.5 Å². The third kappa shape index (κ3) is 2.93. The Morgan fingerprint density at radius 1 is 1.43 bits per heavy atom. The first-order valence-corrected chi connectivity index (χ1v) is 9.37. The van der Waals surface area contributed by atoms with Crippen molar-refractivity contribution in [2.45, 2.75) is 24.8 Å². The van der Waals surface area contributed by atoms with Gasteiger partial charge in [-0.2, -0.15) is 0 Å². The number of hydrogen-bond acceptors (Lipinski definition) is 7. The number of carboxylic acids is 1. The van der Waals surface area contributed by atoms with Gasteiger partial charge in [0, 0.05) is 16.0 Å². The number of carboxylic acid groups (broad SMARTS) is 1. The van der Waals surface area contributed by atoms with Crippen molar-refractivity contribution in [1.82, 2.24) is 10.2 Å². The van der Waals surface area contributed by atoms with Crippen molar-refractivity contribution in [1.29, 1.82) is 0 Å². The fourth-order valence-electron chi connectivity index (χ4n) is 2.50. The van der Waals surface area contributed by atoms with Crippen molar-refractivity contribution in [3.8, 4) is 0 Å². The lowest BCUT2D eigenvalue weighted by molar-refractivity contribution is -0.150. The molecule has 2 aliphatic rings. The Labute approximate surface area is 143 Å². The molecule has 0 aromatic carbocycles. The molecule has 3 rings (SSSR count). The van der Waals surface area contributed by atoms with Crippen molar-refractivity contribution < 1.29 is 19.5 Å². The Hall–Kier alpha value is -1.65. The van der Waals surface area contributed by atoms with Crippen LogP contribution in [0.3, 0.4) is 0 Å². The highest BCUT2D eigenvalue weighted by atomic mass is 32.2. The summed E-state index contributed by atoms with van der Waals surface area (Å²) in [4.78, 5) is 48.5. The molecule has 0 bridgehead atoms. The summed E-state index contributed by atoms with van der Waals surface area (Å²) in [6.45, 7) is 1.68. The van der Waals surface area contributed by atoms with Gasteiger partial charge in [0.05, 0.1) is 6.42 Å². The van der Waals surface area contributed by atoms with Crippen molar-refractivity contribution >= 4 is 52.2 Å². The van der Waals surface area contributed by atoms with Crippen LogP contribution in [0.4, 0.5) is 0 Å². The van der Waals surface area contributed by atoms with Crippen LogP contribution in [0.25, 0.3) is 0 Å². The van der Waals surface area contributed by atoms with Crippen LogP contribution in [0.15, 0.2) is 21.4 Å². The molecule has 1 aromatic rings. The first-order valence-electron chi connectivity index (χ1n) is 6.63. The normalized spacial score (nSPS) is 23.3. The maximum Gasteiger partial charge on any atom is 0.352 e. The highest BCUT2D eigenvalue weighted by molar-refractivity contribution is 8.00. The first-order chi connectivity index (χ1) is 10.9. The van der Waals surface area contributed by atoms with E-state index in [1.165, 1.54) is 16.7 Å². The lowest BCUT2D eigenvalue weighted by atomic mass is 10.0. The summed E-state index contributed by atoms with van der Waals surface area (Å²) in [5, 5.41) is 13.1. The number of thioether (sulfide) groups is 1. The van der Waals surface area contributed by atoms with Gasteiger partial charge in [0.2, 0.25) is 5.91 Å². The molecule has 2 aliphatic heterocycles. The van der Waals surface area contributed by atoms with Crippen molar-refractivity contribution in [3.63, 3.8) is 0 Å². The maximum atomic E-state index is 12.2. The number of β-lactam (4-membered cyclic amide) rings is 1. The minimum absolute atomic E-state index is 0.0142. The van der Waals surface area contributed by atoms with Gasteiger partial charge in [0.15, 0.2) is 0 Å². The van der Waals surface area contributed by atoms with Gasteiger partial charge in [-0.1, -0.05) is 22.7 Å². The summed E-state index contributed by atoms with van der Waals surface area (Å²) in [5.74, 6) is -1.38. The van der Waals surface area contributed by atoms with E-state index in [0.29, 0.717) is 16.2 Å². The van der Waals surface area contributed by atoms with Gasteiger partial charge < -0.3 is 10.4 Å². The molecule has 2 atom stereocenters. The number of carbonyl (C=O) groups is 3. The summed E-state index contributed by atoms with van der Waals surface area (Å²) >= 11 is 3.48. The third-order valence-corrected chi connectivity index (χ3v) is 6.91. The average molecular weight is 372 g/mol. The van der Waals surface area contributed by atoms with Gasteiger partial charge in [0.1, 0.15) is 17.1 Å². The van der Waals surface area contributed by atoms with Gasteiger partial charge in [0.25, 0.3) is 9.96 Å². The molecule has 2 amide bonds. The molecule has 2 N–H and O–H groups in total. The van der Waals surface area contributed by atoms with Gasteiger partial charge in [-0.05, 0) is 12.5 Å². The van der Waals surface area contributed by atoms with E-state index in [0.717, 1.165) is 22.7 Å². The van der Waals surface area contributed by atoms with Gasteiger partial charge in [-0.3, -0.25) is 19.3 Å². The molecule has 0 radical (unpaired) electrons. The highest BCUT2D eigenvalue weighted by Gasteiger charge is 2.53. The number of fused-ring (bicyclic) bond motifs is 1. The van der Waals surface area contributed by atoms with E-state index in [2.05, 4.69) is 5.32 Å². The molecular weight excluding hydrogens is 360 g/mol. The minimum atomic E-state index is -1.13. The Morgan fingerprint density at radius 2 is 2.17 bits per heavy atom. The molecule has 2 unspecified atom stereocenters. The number of amides is 2. The summed E-state index contributed by atoms with van der Waals surface area (Å²) in [5.41, 5.74) is 0.653. The van der Waals surface area contributed by atoms with Crippen LogP contribution >= 0.6 is 34.4 Å². The molecular formula is C13H12N2O5S3. The van der Waals surface area contributed by atoms with Crippen LogP contribution in [0.1, 0.15) is 11.8 Å². The lowest BCUT2D eigenvalue weighted by Gasteiger charge is -2.49. The van der Waals surface area contributed by atoms with E-state index >= 15 is 0 Å². The van der Waals surface area contributed by atoms with Crippen LogP contribution in [0.2, 0.25) is 0 Å². The van der Waals surface area contributed by atoms with E-state index in [1.807, 2.05) is 0 Å². The molecule has 1 aromatic heterocycles. The van der Waals surface area contributed by atoms with Gasteiger partial charge in [-0.25, -0.2) is 4.79 Å². The number of rotatable bonds is 4. The summed E-state index contributed by atoms with van der Waals surface area (Å²) < 4.78 is -0.0757. The fraction of sp³-hybridized carbons (Fsp3) is 0.385. The first kappa shape index (κ1) is 16.2. The molecule has 0 saturated carbocycles. The van der Waals surface area contributed by atoms with E-state index in [4.69, 9.17) is 0 Å². The second kappa shape index (κ2) is 6.10. The highest BCUT2D eigenvalue weighted by Crippen LogP contribution is 2.40.